The zero-order valence-corrected chi connectivity index (χ0v) is 8.26. The Morgan fingerprint density at radius 3 is 3.27 bits per heavy atom. The van der Waals surface area contributed by atoms with Gasteiger partial charge in [-0.2, -0.15) is 0 Å². The maximum atomic E-state index is 10.9. The number of rotatable bonds is 1. The second-order valence-corrected chi connectivity index (χ2v) is 4.11. The van der Waals surface area contributed by atoms with Crippen molar-refractivity contribution in [2.45, 2.75) is 24.9 Å². The van der Waals surface area contributed by atoms with Crippen molar-refractivity contribution >= 4 is 11.8 Å². The van der Waals surface area contributed by atoms with Crippen molar-refractivity contribution < 1.29 is 9.90 Å². The van der Waals surface area contributed by atoms with E-state index in [0.717, 1.165) is 25.2 Å². The highest BCUT2D eigenvalue weighted by Gasteiger charge is 2.37. The average Bonchev–Trinajstić information content (AvgIpc) is 2.75. The number of carbonyl (C=O) groups is 1. The van der Waals surface area contributed by atoms with E-state index < -0.39 is 5.97 Å². The third-order valence-electron chi connectivity index (χ3n) is 3.21. The number of hydrogen-bond acceptors (Lipinski definition) is 3. The maximum Gasteiger partial charge on any atom is 0.335 e. The highest BCUT2D eigenvalue weighted by atomic mass is 16.4. The van der Waals surface area contributed by atoms with E-state index in [1.807, 2.05) is 12.2 Å². The fourth-order valence-electron chi connectivity index (χ4n) is 2.50. The summed E-state index contributed by atoms with van der Waals surface area (Å²) in [6.45, 7) is 1.01. The van der Waals surface area contributed by atoms with Gasteiger partial charge in [-0.3, -0.25) is 4.99 Å². The minimum Gasteiger partial charge on any atom is -0.478 e. The van der Waals surface area contributed by atoms with Crippen LogP contribution in [0.5, 0.6) is 0 Å². The highest BCUT2D eigenvalue weighted by Crippen LogP contribution is 2.30. The number of fused-ring (bicyclic) bond motifs is 3. The number of amidine groups is 1. The fraction of sp³-hybridized carbons (Fsp3) is 0.455. The Balaban J connectivity index is 1.93. The molecular formula is C11H12N2O2. The Labute approximate surface area is 87.6 Å². The Hall–Kier alpha value is -1.58. The van der Waals surface area contributed by atoms with Gasteiger partial charge in [-0.05, 0) is 18.6 Å². The van der Waals surface area contributed by atoms with E-state index in [-0.39, 0.29) is 12.1 Å². The molecule has 0 spiro atoms. The number of hydrogen-bond donors (Lipinski definition) is 1. The van der Waals surface area contributed by atoms with Crippen molar-refractivity contribution in [3.05, 3.63) is 23.8 Å². The maximum absolute atomic E-state index is 10.9. The van der Waals surface area contributed by atoms with E-state index in [1.165, 1.54) is 0 Å². The molecule has 0 aromatic rings. The molecule has 1 aliphatic carbocycles. The smallest absolute Gasteiger partial charge is 0.335 e. The molecule has 2 unspecified atom stereocenters. The molecule has 2 aliphatic heterocycles. The average molecular weight is 204 g/mol. The summed E-state index contributed by atoms with van der Waals surface area (Å²) in [4.78, 5) is 17.7. The summed E-state index contributed by atoms with van der Waals surface area (Å²) in [7, 11) is 0. The lowest BCUT2D eigenvalue weighted by Crippen LogP contribution is -2.36. The summed E-state index contributed by atoms with van der Waals surface area (Å²) in [5.74, 6) is 0.301. The number of carboxylic acids is 1. The molecule has 3 rings (SSSR count). The fourth-order valence-corrected chi connectivity index (χ4v) is 2.50. The van der Waals surface area contributed by atoms with Crippen molar-refractivity contribution in [3.8, 4) is 0 Å². The summed E-state index contributed by atoms with van der Waals surface area (Å²) in [6, 6.07) is 0.294. The largest absolute Gasteiger partial charge is 0.478 e. The summed E-state index contributed by atoms with van der Waals surface area (Å²) < 4.78 is 0. The summed E-state index contributed by atoms with van der Waals surface area (Å²) in [5, 5.41) is 8.92. The molecule has 0 aromatic heterocycles. The first-order valence-corrected chi connectivity index (χ1v) is 5.22. The highest BCUT2D eigenvalue weighted by molar-refractivity contribution is 5.92. The molecular weight excluding hydrogens is 192 g/mol. The van der Waals surface area contributed by atoms with Crippen LogP contribution in [0.25, 0.3) is 0 Å². The Kier molecular flexibility index (Phi) is 1.71. The van der Waals surface area contributed by atoms with Crippen molar-refractivity contribution in [3.63, 3.8) is 0 Å². The Morgan fingerprint density at radius 1 is 1.60 bits per heavy atom. The topological polar surface area (TPSA) is 52.9 Å². The van der Waals surface area contributed by atoms with Gasteiger partial charge < -0.3 is 10.0 Å². The minimum atomic E-state index is -0.850. The summed E-state index contributed by atoms with van der Waals surface area (Å²) in [6.07, 6.45) is 7.57. The molecule has 1 N–H and O–H groups in total. The minimum absolute atomic E-state index is 0.142. The zero-order valence-electron chi connectivity index (χ0n) is 8.26. The van der Waals surface area contributed by atoms with Crippen LogP contribution in [-0.2, 0) is 4.79 Å². The van der Waals surface area contributed by atoms with E-state index in [9.17, 15) is 4.79 Å². The molecule has 0 aromatic carbocycles. The van der Waals surface area contributed by atoms with Gasteiger partial charge in [0.05, 0.1) is 17.7 Å². The van der Waals surface area contributed by atoms with E-state index in [4.69, 9.17) is 5.11 Å². The number of aliphatic carboxylic acids is 1. The quantitative estimate of drug-likeness (QED) is 0.687. The van der Waals surface area contributed by atoms with Crippen molar-refractivity contribution in [2.24, 2.45) is 4.99 Å². The molecule has 2 heterocycles. The van der Waals surface area contributed by atoms with Gasteiger partial charge in [0.2, 0.25) is 0 Å². The Bertz CT molecular complexity index is 409. The molecule has 15 heavy (non-hydrogen) atoms. The molecule has 78 valence electrons. The van der Waals surface area contributed by atoms with Gasteiger partial charge in [-0.25, -0.2) is 4.79 Å². The third-order valence-corrected chi connectivity index (χ3v) is 3.21. The molecule has 0 amide bonds. The van der Waals surface area contributed by atoms with Crippen LogP contribution in [0, 0.1) is 0 Å². The van der Waals surface area contributed by atoms with Gasteiger partial charge in [0.15, 0.2) is 0 Å². The number of nitrogens with zero attached hydrogens (tertiary/aromatic N) is 2. The van der Waals surface area contributed by atoms with Gasteiger partial charge in [0.1, 0.15) is 5.84 Å². The molecule has 0 radical (unpaired) electrons. The van der Waals surface area contributed by atoms with Gasteiger partial charge >= 0.3 is 5.97 Å². The van der Waals surface area contributed by atoms with Crippen LogP contribution >= 0.6 is 0 Å². The lowest BCUT2D eigenvalue weighted by atomic mass is 9.98. The summed E-state index contributed by atoms with van der Waals surface area (Å²) in [5.41, 5.74) is 0.389. The molecule has 4 nitrogen and oxygen atoms in total. The second kappa shape index (κ2) is 2.95. The van der Waals surface area contributed by atoms with Crippen LogP contribution in [0.3, 0.4) is 0 Å². The summed E-state index contributed by atoms with van der Waals surface area (Å²) >= 11 is 0. The molecule has 1 fully saturated rings. The zero-order chi connectivity index (χ0) is 10.4. The molecule has 0 saturated carbocycles. The Morgan fingerprint density at radius 2 is 2.47 bits per heavy atom. The first kappa shape index (κ1) is 8.71. The van der Waals surface area contributed by atoms with Gasteiger partial charge in [-0.15, -0.1) is 0 Å². The molecule has 0 bridgehead atoms. The lowest BCUT2D eigenvalue weighted by molar-refractivity contribution is -0.132. The molecule has 2 atom stereocenters. The standard InChI is InChI=1S/C11H12N2O2/c14-11(15)7-3-4-8-9(6-7)13-5-1-2-10(13)12-8/h3-4,6,8-9H,1-2,5H2,(H,14,15). The molecule has 4 heteroatoms. The monoisotopic (exact) mass is 204 g/mol. The third kappa shape index (κ3) is 1.21. The predicted molar refractivity (Wildman–Crippen MR) is 55.8 cm³/mol. The van der Waals surface area contributed by atoms with Gasteiger partial charge in [0, 0.05) is 13.0 Å². The first-order chi connectivity index (χ1) is 7.25. The van der Waals surface area contributed by atoms with E-state index in [1.54, 1.807) is 6.08 Å². The lowest BCUT2D eigenvalue weighted by Gasteiger charge is -2.25. The van der Waals surface area contributed by atoms with Crippen LogP contribution in [0.2, 0.25) is 0 Å². The number of aliphatic imine (C=N–C) groups is 1. The van der Waals surface area contributed by atoms with Gasteiger partial charge in [0.25, 0.3) is 0 Å². The SMILES string of the molecule is O=C(O)C1=CC2C(C=C1)N=C1CCCN12. The first-order valence-electron chi connectivity index (χ1n) is 5.22. The predicted octanol–water partition coefficient (Wildman–Crippen LogP) is 0.812. The van der Waals surface area contributed by atoms with E-state index in [0.29, 0.717) is 5.57 Å². The second-order valence-electron chi connectivity index (χ2n) is 4.11. The number of carboxylic acid groups (broad SMARTS) is 1. The van der Waals surface area contributed by atoms with Crippen molar-refractivity contribution in [1.29, 1.82) is 0 Å². The van der Waals surface area contributed by atoms with Crippen LogP contribution < -0.4 is 0 Å². The van der Waals surface area contributed by atoms with Crippen molar-refractivity contribution in [2.75, 3.05) is 6.54 Å². The van der Waals surface area contributed by atoms with E-state index in [2.05, 4.69) is 9.89 Å². The van der Waals surface area contributed by atoms with Crippen LogP contribution in [0.15, 0.2) is 28.8 Å². The van der Waals surface area contributed by atoms with Gasteiger partial charge in [-0.1, -0.05) is 6.08 Å². The van der Waals surface area contributed by atoms with Crippen LogP contribution in [-0.4, -0.2) is 40.4 Å². The van der Waals surface area contributed by atoms with Crippen LogP contribution in [0.4, 0.5) is 0 Å². The van der Waals surface area contributed by atoms with Crippen LogP contribution in [0.1, 0.15) is 12.8 Å². The van der Waals surface area contributed by atoms with Crippen molar-refractivity contribution in [1.82, 2.24) is 4.90 Å². The normalized spacial score (nSPS) is 32.1. The molecule has 3 aliphatic rings. The van der Waals surface area contributed by atoms with E-state index >= 15 is 0 Å². The molecule has 1 saturated heterocycles.